The molecule has 1 aromatic rings. The molecular weight excluding hydrogens is 291 g/mol. The molecule has 0 aliphatic heterocycles. The third kappa shape index (κ3) is 3.61. The molecule has 1 amide bonds. The first-order valence-corrected chi connectivity index (χ1v) is 5.83. The molecule has 0 saturated carbocycles. The van der Waals surface area contributed by atoms with Gasteiger partial charge in [0.1, 0.15) is 0 Å². The molecule has 0 radical (unpaired) electrons. The number of anilines is 1. The zero-order valence-electron chi connectivity index (χ0n) is 11.6. The van der Waals surface area contributed by atoms with Crippen LogP contribution in [0.25, 0.3) is 0 Å². The minimum absolute atomic E-state index is 0.105. The predicted molar refractivity (Wildman–Crippen MR) is 66.0 cm³/mol. The maximum absolute atomic E-state index is 13.4. The molecule has 6 nitrogen and oxygen atoms in total. The summed E-state index contributed by atoms with van der Waals surface area (Å²) in [7, 11) is 0.798. The van der Waals surface area contributed by atoms with Gasteiger partial charge in [-0.3, -0.25) is 10.1 Å². The molecule has 0 fully saturated rings. The van der Waals surface area contributed by atoms with E-state index in [1.54, 1.807) is 18.3 Å². The number of rotatable bonds is 4. The Labute approximate surface area is 118 Å². The number of carbonyl (C=O) groups excluding carboxylic acids is 2. The van der Waals surface area contributed by atoms with Crippen molar-refractivity contribution in [2.45, 2.75) is 25.7 Å². The van der Waals surface area contributed by atoms with Crippen LogP contribution >= 0.6 is 0 Å². The summed E-state index contributed by atoms with van der Waals surface area (Å²) in [6, 6.07) is 4.40. The normalized spacial score (nSPS) is 14.0. The highest BCUT2D eigenvalue weighted by Gasteiger charge is 2.67. The first kappa shape index (κ1) is 16.7. The summed E-state index contributed by atoms with van der Waals surface area (Å²) in [5.41, 5.74) is -2.82. The lowest BCUT2D eigenvalue weighted by Crippen LogP contribution is -2.69. The molecule has 1 heterocycles. The Morgan fingerprint density at radius 3 is 2.33 bits per heavy atom. The quantitative estimate of drug-likeness (QED) is 0.636. The van der Waals surface area contributed by atoms with Crippen LogP contribution in [-0.4, -0.2) is 30.8 Å². The number of halogens is 3. The van der Waals surface area contributed by atoms with E-state index in [9.17, 15) is 22.8 Å². The molecule has 0 unspecified atom stereocenters. The molecule has 1 aromatic heterocycles. The van der Waals surface area contributed by atoms with Crippen molar-refractivity contribution in [2.75, 3.05) is 12.4 Å². The standard InChI is InChI=1S/C12H14F3N3O3/c1-7-5-4-6-9(16-7)18-11(10(20)21-3,12(13,14)15)17-8(2)19/h4-6H,1-3H3,(H,16,18)(H,17,19)/p+1/t11-/m1/s1. The van der Waals surface area contributed by atoms with Crippen molar-refractivity contribution < 1.29 is 32.5 Å². The number of aromatic nitrogens is 1. The molecule has 0 aliphatic rings. The van der Waals surface area contributed by atoms with E-state index < -0.39 is 23.7 Å². The van der Waals surface area contributed by atoms with Crippen molar-refractivity contribution in [3.63, 3.8) is 0 Å². The van der Waals surface area contributed by atoms with E-state index in [2.05, 4.69) is 9.72 Å². The Kier molecular flexibility index (Phi) is 4.77. The largest absolute Gasteiger partial charge is 0.464 e. The topological polar surface area (TPSA) is 81.6 Å². The zero-order valence-corrected chi connectivity index (χ0v) is 11.6. The Hall–Kier alpha value is -2.32. The van der Waals surface area contributed by atoms with Crippen LogP contribution in [-0.2, 0) is 14.3 Å². The van der Waals surface area contributed by atoms with Gasteiger partial charge in [-0.2, -0.15) is 13.2 Å². The number of carbonyl (C=O) groups is 2. The van der Waals surface area contributed by atoms with E-state index in [-0.39, 0.29) is 5.82 Å². The van der Waals surface area contributed by atoms with Crippen LogP contribution < -0.4 is 15.6 Å². The van der Waals surface area contributed by atoms with Gasteiger partial charge >= 0.3 is 17.8 Å². The Morgan fingerprint density at radius 1 is 1.29 bits per heavy atom. The highest BCUT2D eigenvalue weighted by Crippen LogP contribution is 2.32. The summed E-state index contributed by atoms with van der Waals surface area (Å²) >= 11 is 0. The van der Waals surface area contributed by atoms with Gasteiger partial charge in [0.25, 0.3) is 5.82 Å². The number of ether oxygens (including phenoxy) is 1. The summed E-state index contributed by atoms with van der Waals surface area (Å²) in [6.45, 7) is 2.49. The van der Waals surface area contributed by atoms with Crippen LogP contribution in [0.2, 0.25) is 0 Å². The van der Waals surface area contributed by atoms with Crippen molar-refractivity contribution in [3.8, 4) is 0 Å². The van der Waals surface area contributed by atoms with E-state index in [1.165, 1.54) is 12.1 Å². The lowest BCUT2D eigenvalue weighted by atomic mass is 10.1. The number of alkyl halides is 3. The zero-order chi connectivity index (χ0) is 16.3. The van der Waals surface area contributed by atoms with Gasteiger partial charge in [-0.25, -0.2) is 15.1 Å². The molecule has 116 valence electrons. The predicted octanol–water partition coefficient (Wildman–Crippen LogP) is 0.789. The third-order valence-electron chi connectivity index (χ3n) is 2.54. The van der Waals surface area contributed by atoms with Gasteiger partial charge in [0, 0.05) is 13.0 Å². The highest BCUT2D eigenvalue weighted by molar-refractivity contribution is 5.90. The fourth-order valence-electron chi connectivity index (χ4n) is 1.67. The van der Waals surface area contributed by atoms with E-state index in [4.69, 9.17) is 0 Å². The summed E-state index contributed by atoms with van der Waals surface area (Å²) < 4.78 is 44.3. The summed E-state index contributed by atoms with van der Waals surface area (Å²) in [4.78, 5) is 25.4. The number of amides is 1. The van der Waals surface area contributed by atoms with Gasteiger partial charge in [-0.15, -0.1) is 0 Å². The SMILES string of the molecule is COC(=O)[C@@](NC(C)=O)(Nc1cccc(C)[nH+]1)C(F)(F)F. The minimum atomic E-state index is -5.12. The lowest BCUT2D eigenvalue weighted by Gasteiger charge is -2.29. The van der Waals surface area contributed by atoms with Crippen molar-refractivity contribution in [1.82, 2.24) is 5.32 Å². The molecule has 9 heteroatoms. The van der Waals surface area contributed by atoms with Gasteiger partial charge in [-0.05, 0) is 13.0 Å². The monoisotopic (exact) mass is 306 g/mol. The van der Waals surface area contributed by atoms with Crippen molar-refractivity contribution in [2.24, 2.45) is 0 Å². The smallest absolute Gasteiger partial charge is 0.464 e. The van der Waals surface area contributed by atoms with Crippen molar-refractivity contribution in [3.05, 3.63) is 23.9 Å². The number of hydrogen-bond donors (Lipinski definition) is 2. The number of esters is 1. The number of aromatic amines is 1. The number of H-pyrrole nitrogens is 1. The second-order valence-corrected chi connectivity index (χ2v) is 4.29. The second-order valence-electron chi connectivity index (χ2n) is 4.29. The van der Waals surface area contributed by atoms with Gasteiger partial charge in [0.05, 0.1) is 12.8 Å². The number of aryl methyl sites for hydroxylation is 1. The summed E-state index contributed by atoms with van der Waals surface area (Å²) in [6.07, 6.45) is -5.12. The first-order valence-electron chi connectivity index (χ1n) is 5.83. The van der Waals surface area contributed by atoms with Crippen LogP contribution in [0.4, 0.5) is 19.0 Å². The molecule has 3 N–H and O–H groups in total. The molecule has 0 aromatic carbocycles. The third-order valence-corrected chi connectivity index (χ3v) is 2.54. The van der Waals surface area contributed by atoms with E-state index in [1.807, 2.05) is 5.32 Å². The fourth-order valence-corrected chi connectivity index (χ4v) is 1.67. The average molecular weight is 306 g/mol. The minimum Gasteiger partial charge on any atom is -0.464 e. The Bertz CT molecular complexity index is 548. The van der Waals surface area contributed by atoms with Crippen LogP contribution in [0.1, 0.15) is 12.6 Å². The second kappa shape index (κ2) is 5.98. The maximum atomic E-state index is 13.4. The van der Waals surface area contributed by atoms with Crippen molar-refractivity contribution in [1.29, 1.82) is 0 Å². The van der Waals surface area contributed by atoms with Gasteiger partial charge in [0.15, 0.2) is 0 Å². The maximum Gasteiger partial charge on any atom is 0.464 e. The molecule has 0 aliphatic carbocycles. The summed E-state index contributed by atoms with van der Waals surface area (Å²) in [5.74, 6) is -2.83. The van der Waals surface area contributed by atoms with Gasteiger partial charge < -0.3 is 4.74 Å². The molecule has 1 rings (SSSR count). The molecule has 1 atom stereocenters. The van der Waals surface area contributed by atoms with Crippen LogP contribution in [0.5, 0.6) is 0 Å². The van der Waals surface area contributed by atoms with E-state index in [0.29, 0.717) is 5.69 Å². The van der Waals surface area contributed by atoms with E-state index in [0.717, 1.165) is 14.0 Å². The Morgan fingerprint density at radius 2 is 1.90 bits per heavy atom. The molecule has 0 saturated heterocycles. The number of pyridine rings is 1. The molecule has 0 spiro atoms. The highest BCUT2D eigenvalue weighted by atomic mass is 19.4. The van der Waals surface area contributed by atoms with Gasteiger partial charge in [-0.1, -0.05) is 6.07 Å². The lowest BCUT2D eigenvalue weighted by molar-refractivity contribution is -0.372. The number of hydrogen-bond acceptors (Lipinski definition) is 4. The molecular formula is C12H15F3N3O3+. The molecule has 21 heavy (non-hydrogen) atoms. The van der Waals surface area contributed by atoms with E-state index >= 15 is 0 Å². The van der Waals surface area contributed by atoms with Crippen LogP contribution in [0, 0.1) is 6.92 Å². The Balaban J connectivity index is 3.34. The molecule has 0 bridgehead atoms. The van der Waals surface area contributed by atoms with Crippen LogP contribution in [0.3, 0.4) is 0 Å². The first-order chi connectivity index (χ1) is 9.62. The number of nitrogens with one attached hydrogen (secondary N) is 3. The summed E-state index contributed by atoms with van der Waals surface area (Å²) in [5, 5.41) is 3.55. The average Bonchev–Trinajstić information content (AvgIpc) is 2.35. The van der Waals surface area contributed by atoms with Crippen LogP contribution in [0.15, 0.2) is 18.2 Å². The van der Waals surface area contributed by atoms with Crippen molar-refractivity contribution >= 4 is 17.7 Å². The number of methoxy groups -OCH3 is 1. The van der Waals surface area contributed by atoms with Gasteiger partial charge in [0.2, 0.25) is 5.91 Å². The fraction of sp³-hybridized carbons (Fsp3) is 0.417.